The number of ether oxygens (including phenoxy) is 2. The van der Waals surface area contributed by atoms with Crippen LogP contribution in [0.15, 0.2) is 60.2 Å². The zero-order valence-electron chi connectivity index (χ0n) is 20.3. The smallest absolute Gasteiger partial charge is 0.247 e. The topological polar surface area (TPSA) is 108 Å². The third-order valence-electron chi connectivity index (χ3n) is 7.22. The summed E-state index contributed by atoms with van der Waals surface area (Å²) in [5, 5.41) is 23.5. The lowest BCUT2D eigenvalue weighted by molar-refractivity contribution is -0.138. The number of aliphatic hydroxyl groups is 2. The summed E-state index contributed by atoms with van der Waals surface area (Å²) in [7, 11) is 1.62. The van der Waals surface area contributed by atoms with Gasteiger partial charge in [0.25, 0.3) is 0 Å². The summed E-state index contributed by atoms with van der Waals surface area (Å²) in [5.74, 6) is 0.520. The van der Waals surface area contributed by atoms with E-state index in [0.29, 0.717) is 24.3 Å². The van der Waals surface area contributed by atoms with Crippen molar-refractivity contribution in [2.45, 2.75) is 43.4 Å². The normalized spacial score (nSPS) is 24.1. The van der Waals surface area contributed by atoms with Crippen LogP contribution in [-0.4, -0.2) is 72.0 Å². The third-order valence-corrected chi connectivity index (χ3v) is 7.22. The maximum Gasteiger partial charge on any atom is 0.247 e. The molecule has 8 nitrogen and oxygen atoms in total. The van der Waals surface area contributed by atoms with Gasteiger partial charge in [0.15, 0.2) is 0 Å². The number of aliphatic hydroxyl groups excluding tert-OH is 2. The first-order valence-electron chi connectivity index (χ1n) is 12.5. The summed E-state index contributed by atoms with van der Waals surface area (Å²) >= 11 is 0. The molecule has 1 heterocycles. The van der Waals surface area contributed by atoms with Crippen molar-refractivity contribution in [2.75, 3.05) is 26.8 Å². The van der Waals surface area contributed by atoms with E-state index in [9.17, 15) is 19.8 Å². The monoisotopic (exact) mass is 492 g/mol. The van der Waals surface area contributed by atoms with Crippen LogP contribution in [0.25, 0.3) is 0 Å². The van der Waals surface area contributed by atoms with Gasteiger partial charge in [-0.05, 0) is 49.1 Å². The maximum absolute atomic E-state index is 13.4. The summed E-state index contributed by atoms with van der Waals surface area (Å²) in [6.07, 6.45) is 2.27. The Balaban J connectivity index is 1.48. The van der Waals surface area contributed by atoms with Crippen LogP contribution >= 0.6 is 0 Å². The van der Waals surface area contributed by atoms with E-state index in [1.54, 1.807) is 18.1 Å². The molecule has 3 aliphatic rings. The maximum atomic E-state index is 13.4. The van der Waals surface area contributed by atoms with Crippen LogP contribution in [0.1, 0.15) is 29.9 Å². The molecule has 190 valence electrons. The fourth-order valence-corrected chi connectivity index (χ4v) is 5.24. The lowest BCUT2D eigenvalue weighted by Gasteiger charge is -2.41. The van der Waals surface area contributed by atoms with E-state index < -0.39 is 24.2 Å². The van der Waals surface area contributed by atoms with Gasteiger partial charge in [0.05, 0.1) is 25.7 Å². The van der Waals surface area contributed by atoms with E-state index in [0.717, 1.165) is 29.7 Å². The van der Waals surface area contributed by atoms with Crippen molar-refractivity contribution in [3.8, 4) is 11.5 Å². The summed E-state index contributed by atoms with van der Waals surface area (Å²) < 4.78 is 11.5. The second kappa shape index (κ2) is 10.3. The number of fused-ring (bicyclic) bond motifs is 3. The predicted octanol–water partition coefficient (Wildman–Crippen LogP) is 1.80. The molecule has 2 aliphatic carbocycles. The van der Waals surface area contributed by atoms with E-state index in [2.05, 4.69) is 5.32 Å². The van der Waals surface area contributed by atoms with Crippen LogP contribution in [0.2, 0.25) is 0 Å². The van der Waals surface area contributed by atoms with Gasteiger partial charge < -0.3 is 29.9 Å². The number of para-hydroxylation sites is 1. The molecule has 2 aromatic carbocycles. The molecule has 0 radical (unpaired) electrons. The number of rotatable bonds is 9. The Morgan fingerprint density at radius 1 is 1.17 bits per heavy atom. The number of hydrogen-bond donors (Lipinski definition) is 3. The largest absolute Gasteiger partial charge is 0.497 e. The standard InChI is InChI=1S/C28H32N2O6/c1-35-19-6-4-5-17(15-19)11-13-30(28(34)18-9-10-18)22-16-21(27(33)29-12-14-31)24-20-7-2-3-8-23(20)36-26(24)25(22)32/h2-8,15-16,18,22,24-26,31-32H,9-14H2,1H3,(H,29,33)/t22-,24+,25+,26+/m1/s1. The van der Waals surface area contributed by atoms with Crippen LogP contribution in [0.4, 0.5) is 0 Å². The van der Waals surface area contributed by atoms with E-state index in [4.69, 9.17) is 9.47 Å². The Bertz CT molecular complexity index is 1160. The Labute approximate surface area is 210 Å². The third kappa shape index (κ3) is 4.70. The van der Waals surface area contributed by atoms with Crippen LogP contribution in [0.3, 0.4) is 0 Å². The Morgan fingerprint density at radius 2 is 1.97 bits per heavy atom. The number of benzene rings is 2. The second-order valence-corrected chi connectivity index (χ2v) is 9.59. The first-order valence-corrected chi connectivity index (χ1v) is 12.5. The molecule has 1 fully saturated rings. The average Bonchev–Trinajstić information content (AvgIpc) is 3.68. The predicted molar refractivity (Wildman–Crippen MR) is 133 cm³/mol. The summed E-state index contributed by atoms with van der Waals surface area (Å²) in [5.41, 5.74) is 2.30. The number of amides is 2. The number of nitrogens with zero attached hydrogens (tertiary/aromatic N) is 1. The first-order chi connectivity index (χ1) is 17.5. The molecule has 36 heavy (non-hydrogen) atoms. The summed E-state index contributed by atoms with van der Waals surface area (Å²) in [6, 6.07) is 14.4. The quantitative estimate of drug-likeness (QED) is 0.493. The van der Waals surface area contributed by atoms with E-state index in [1.165, 1.54) is 0 Å². The highest BCUT2D eigenvalue weighted by Gasteiger charge is 2.51. The van der Waals surface area contributed by atoms with Crippen molar-refractivity contribution in [3.05, 3.63) is 71.3 Å². The van der Waals surface area contributed by atoms with E-state index in [-0.39, 0.29) is 30.9 Å². The molecule has 2 amide bonds. The van der Waals surface area contributed by atoms with Gasteiger partial charge in [-0.25, -0.2) is 0 Å². The average molecular weight is 493 g/mol. The van der Waals surface area contributed by atoms with Crippen LogP contribution < -0.4 is 14.8 Å². The van der Waals surface area contributed by atoms with E-state index >= 15 is 0 Å². The number of hydrogen-bond acceptors (Lipinski definition) is 6. The van der Waals surface area contributed by atoms with Gasteiger partial charge in [-0.3, -0.25) is 9.59 Å². The minimum absolute atomic E-state index is 0.0118. The molecular weight excluding hydrogens is 460 g/mol. The van der Waals surface area contributed by atoms with Gasteiger partial charge in [0.1, 0.15) is 23.7 Å². The molecule has 0 bridgehead atoms. The van der Waals surface area contributed by atoms with Gasteiger partial charge >= 0.3 is 0 Å². The molecule has 0 unspecified atom stereocenters. The van der Waals surface area contributed by atoms with Crippen LogP contribution in [0, 0.1) is 5.92 Å². The molecule has 0 spiro atoms. The fraction of sp³-hybridized carbons (Fsp3) is 0.429. The molecule has 1 aliphatic heterocycles. The van der Waals surface area contributed by atoms with Crippen LogP contribution in [-0.2, 0) is 16.0 Å². The molecule has 8 heteroatoms. The number of carbonyl (C=O) groups excluding carboxylic acids is 2. The van der Waals surface area contributed by atoms with Crippen molar-refractivity contribution in [1.29, 1.82) is 0 Å². The Kier molecular flexibility index (Phi) is 6.98. The van der Waals surface area contributed by atoms with Crippen molar-refractivity contribution in [3.63, 3.8) is 0 Å². The Hall–Kier alpha value is -3.36. The van der Waals surface area contributed by atoms with Crippen molar-refractivity contribution in [2.24, 2.45) is 5.92 Å². The molecular formula is C28H32N2O6. The van der Waals surface area contributed by atoms with Gasteiger partial charge in [-0.15, -0.1) is 0 Å². The number of methoxy groups -OCH3 is 1. The SMILES string of the molecule is COc1cccc(CCN(C(=O)C2CC2)[C@@H]2C=C(C(=O)NCCO)[C@@H]3c4ccccc4O[C@@H]3[C@H]2O)c1. The minimum Gasteiger partial charge on any atom is -0.497 e. The Morgan fingerprint density at radius 3 is 2.72 bits per heavy atom. The van der Waals surface area contributed by atoms with E-state index in [1.807, 2.05) is 48.5 Å². The molecule has 1 saturated carbocycles. The van der Waals surface area contributed by atoms with Gasteiger partial charge in [-0.2, -0.15) is 0 Å². The molecule has 0 saturated heterocycles. The number of nitrogens with one attached hydrogen (secondary N) is 1. The second-order valence-electron chi connectivity index (χ2n) is 9.59. The molecule has 5 rings (SSSR count). The minimum atomic E-state index is -1.01. The zero-order valence-corrected chi connectivity index (χ0v) is 20.3. The zero-order chi connectivity index (χ0) is 25.2. The van der Waals surface area contributed by atoms with Crippen molar-refractivity contribution < 1.29 is 29.3 Å². The number of carbonyl (C=O) groups is 2. The highest BCUT2D eigenvalue weighted by atomic mass is 16.5. The summed E-state index contributed by atoms with van der Waals surface area (Å²) in [6.45, 7) is 0.319. The van der Waals surface area contributed by atoms with Crippen molar-refractivity contribution in [1.82, 2.24) is 10.2 Å². The van der Waals surface area contributed by atoms with Gasteiger partial charge in [0.2, 0.25) is 11.8 Å². The molecule has 3 N–H and O–H groups in total. The highest BCUT2D eigenvalue weighted by Crippen LogP contribution is 2.47. The lowest BCUT2D eigenvalue weighted by atomic mass is 9.77. The fourth-order valence-electron chi connectivity index (χ4n) is 5.24. The van der Waals surface area contributed by atoms with Crippen LogP contribution in [0.5, 0.6) is 11.5 Å². The van der Waals surface area contributed by atoms with Gasteiger partial charge in [0, 0.05) is 30.1 Å². The summed E-state index contributed by atoms with van der Waals surface area (Å²) in [4.78, 5) is 28.4. The highest BCUT2D eigenvalue weighted by molar-refractivity contribution is 5.96. The van der Waals surface area contributed by atoms with Crippen molar-refractivity contribution >= 4 is 11.8 Å². The first kappa shape index (κ1) is 24.3. The molecule has 4 atom stereocenters. The molecule has 2 aromatic rings. The lowest BCUT2D eigenvalue weighted by Crippen LogP contribution is -2.56. The molecule has 0 aromatic heterocycles. The van der Waals surface area contributed by atoms with Gasteiger partial charge in [-0.1, -0.05) is 30.3 Å².